The van der Waals surface area contributed by atoms with Crippen LogP contribution in [0.15, 0.2) is 109 Å². The van der Waals surface area contributed by atoms with Crippen LogP contribution in [0.4, 0.5) is 0 Å². The Hall–Kier alpha value is -3.21. The van der Waals surface area contributed by atoms with E-state index in [-0.39, 0.29) is 6.04 Å². The van der Waals surface area contributed by atoms with E-state index < -0.39 is 4.75 Å². The van der Waals surface area contributed by atoms with Crippen molar-refractivity contribution in [2.24, 2.45) is 5.73 Å². The molecule has 0 aromatic heterocycles. The van der Waals surface area contributed by atoms with Crippen LogP contribution >= 0.6 is 11.8 Å². The Balaban J connectivity index is 1.78. The third-order valence-corrected chi connectivity index (χ3v) is 7.53. The summed E-state index contributed by atoms with van der Waals surface area (Å²) in [5.74, 6) is 2.19. The molecule has 0 saturated carbocycles. The molecule has 0 aliphatic heterocycles. The Kier molecular flexibility index (Phi) is 7.38. The van der Waals surface area contributed by atoms with Gasteiger partial charge in [0.2, 0.25) is 0 Å². The second-order valence-corrected chi connectivity index (χ2v) is 9.04. The van der Waals surface area contributed by atoms with Crippen LogP contribution in [0, 0.1) is 0 Å². The Morgan fingerprint density at radius 3 is 1.61 bits per heavy atom. The van der Waals surface area contributed by atoms with Gasteiger partial charge in [0.05, 0.1) is 19.0 Å². The van der Waals surface area contributed by atoms with E-state index in [1.165, 1.54) is 16.7 Å². The lowest BCUT2D eigenvalue weighted by Gasteiger charge is -2.36. The molecule has 0 amide bonds. The van der Waals surface area contributed by atoms with Gasteiger partial charge in [-0.1, -0.05) is 97.1 Å². The summed E-state index contributed by atoms with van der Waals surface area (Å²) < 4.78 is 10.6. The Bertz CT molecular complexity index is 1050. The van der Waals surface area contributed by atoms with Crippen molar-refractivity contribution in [1.29, 1.82) is 0 Å². The number of hydrogen-bond donors (Lipinski definition) is 1. The van der Waals surface area contributed by atoms with Crippen molar-refractivity contribution in [2.45, 2.75) is 10.8 Å². The quantitative estimate of drug-likeness (QED) is 0.295. The summed E-state index contributed by atoms with van der Waals surface area (Å²) in [6.07, 6.45) is 0. The second kappa shape index (κ2) is 10.6. The Labute approximate surface area is 200 Å². The largest absolute Gasteiger partial charge is 0.497 e. The maximum Gasteiger partial charge on any atom is 0.127 e. The van der Waals surface area contributed by atoms with E-state index in [1.54, 1.807) is 14.2 Å². The SMILES string of the molecule is COc1ccc(C(N)CSC(c2ccccc2)(c2ccccc2)c2ccccc2)c(OC)c1. The van der Waals surface area contributed by atoms with Gasteiger partial charge in [-0.2, -0.15) is 0 Å². The molecule has 0 aliphatic carbocycles. The molecular weight excluding hydrogens is 426 g/mol. The summed E-state index contributed by atoms with van der Waals surface area (Å²) in [7, 11) is 3.32. The molecule has 168 valence electrons. The van der Waals surface area contributed by atoms with Crippen molar-refractivity contribution >= 4 is 11.8 Å². The van der Waals surface area contributed by atoms with Gasteiger partial charge in [-0.15, -0.1) is 11.8 Å². The first-order chi connectivity index (χ1) is 16.2. The first-order valence-corrected chi connectivity index (χ1v) is 12.0. The molecule has 0 bridgehead atoms. The first kappa shape index (κ1) is 23.0. The molecule has 4 aromatic rings. The first-order valence-electron chi connectivity index (χ1n) is 11.0. The van der Waals surface area contributed by atoms with E-state index in [0.29, 0.717) is 5.75 Å². The lowest BCUT2D eigenvalue weighted by atomic mass is 9.84. The van der Waals surface area contributed by atoms with Crippen LogP contribution in [0.3, 0.4) is 0 Å². The lowest BCUT2D eigenvalue weighted by molar-refractivity contribution is 0.389. The summed E-state index contributed by atoms with van der Waals surface area (Å²) in [5.41, 5.74) is 11.4. The summed E-state index contributed by atoms with van der Waals surface area (Å²) in [6.45, 7) is 0. The van der Waals surface area contributed by atoms with Gasteiger partial charge in [0, 0.05) is 23.4 Å². The van der Waals surface area contributed by atoms with Gasteiger partial charge >= 0.3 is 0 Å². The third-order valence-electron chi connectivity index (χ3n) is 5.86. The highest BCUT2D eigenvalue weighted by Gasteiger charge is 2.37. The van der Waals surface area contributed by atoms with E-state index >= 15 is 0 Å². The molecule has 0 heterocycles. The summed E-state index contributed by atoms with van der Waals surface area (Å²) >= 11 is 1.85. The van der Waals surface area contributed by atoms with Gasteiger partial charge < -0.3 is 15.2 Å². The van der Waals surface area contributed by atoms with Crippen LogP contribution in [-0.2, 0) is 4.75 Å². The summed E-state index contributed by atoms with van der Waals surface area (Å²) in [6, 6.07) is 37.6. The van der Waals surface area contributed by atoms with Crippen LogP contribution in [0.2, 0.25) is 0 Å². The third kappa shape index (κ3) is 4.77. The molecule has 4 rings (SSSR count). The topological polar surface area (TPSA) is 44.5 Å². The van der Waals surface area contributed by atoms with Crippen molar-refractivity contribution in [3.05, 3.63) is 131 Å². The van der Waals surface area contributed by atoms with E-state index in [1.807, 2.05) is 30.0 Å². The number of methoxy groups -OCH3 is 2. The number of benzene rings is 4. The van der Waals surface area contributed by atoms with Gasteiger partial charge in [-0.05, 0) is 22.8 Å². The van der Waals surface area contributed by atoms with Crippen LogP contribution in [-0.4, -0.2) is 20.0 Å². The van der Waals surface area contributed by atoms with Crippen LogP contribution in [0.5, 0.6) is 11.5 Å². The van der Waals surface area contributed by atoms with Gasteiger partial charge in [0.25, 0.3) is 0 Å². The van der Waals surface area contributed by atoms with E-state index in [4.69, 9.17) is 15.2 Å². The predicted molar refractivity (Wildman–Crippen MR) is 138 cm³/mol. The number of rotatable bonds is 9. The molecule has 0 fully saturated rings. The zero-order valence-corrected chi connectivity index (χ0v) is 19.8. The smallest absolute Gasteiger partial charge is 0.127 e. The number of ether oxygens (including phenoxy) is 2. The zero-order chi connectivity index (χ0) is 23.1. The van der Waals surface area contributed by atoms with Crippen molar-refractivity contribution in [3.63, 3.8) is 0 Å². The molecule has 2 N–H and O–H groups in total. The van der Waals surface area contributed by atoms with Crippen molar-refractivity contribution < 1.29 is 9.47 Å². The van der Waals surface area contributed by atoms with E-state index in [2.05, 4.69) is 91.0 Å². The normalized spacial score (nSPS) is 12.2. The molecule has 33 heavy (non-hydrogen) atoms. The Morgan fingerprint density at radius 1 is 0.697 bits per heavy atom. The summed E-state index contributed by atoms with van der Waals surface area (Å²) in [4.78, 5) is 0. The van der Waals surface area contributed by atoms with Gasteiger partial charge in [0.15, 0.2) is 0 Å². The highest BCUT2D eigenvalue weighted by molar-refractivity contribution is 8.00. The molecule has 4 aromatic carbocycles. The average Bonchev–Trinajstić information content (AvgIpc) is 2.90. The van der Waals surface area contributed by atoms with Crippen LogP contribution in [0.1, 0.15) is 28.3 Å². The molecule has 0 spiro atoms. The fraction of sp³-hybridized carbons (Fsp3) is 0.172. The minimum atomic E-state index is -0.402. The molecule has 0 radical (unpaired) electrons. The molecule has 1 atom stereocenters. The maximum absolute atomic E-state index is 6.76. The van der Waals surface area contributed by atoms with E-state index in [0.717, 1.165) is 17.1 Å². The fourth-order valence-electron chi connectivity index (χ4n) is 4.20. The monoisotopic (exact) mass is 455 g/mol. The molecule has 0 saturated heterocycles. The second-order valence-electron chi connectivity index (χ2n) is 7.80. The van der Waals surface area contributed by atoms with Crippen LogP contribution in [0.25, 0.3) is 0 Å². The lowest BCUT2D eigenvalue weighted by Crippen LogP contribution is -2.28. The number of nitrogens with two attached hydrogens (primary N) is 1. The van der Waals surface area contributed by atoms with Crippen LogP contribution < -0.4 is 15.2 Å². The zero-order valence-electron chi connectivity index (χ0n) is 19.0. The minimum Gasteiger partial charge on any atom is -0.497 e. The molecule has 1 unspecified atom stereocenters. The van der Waals surface area contributed by atoms with Gasteiger partial charge in [-0.3, -0.25) is 0 Å². The fourth-order valence-corrected chi connectivity index (χ4v) is 5.72. The highest BCUT2D eigenvalue weighted by Crippen LogP contribution is 2.49. The Morgan fingerprint density at radius 2 is 1.18 bits per heavy atom. The van der Waals surface area contributed by atoms with E-state index in [9.17, 15) is 0 Å². The highest BCUT2D eigenvalue weighted by atomic mass is 32.2. The van der Waals surface area contributed by atoms with Gasteiger partial charge in [-0.25, -0.2) is 0 Å². The summed E-state index contributed by atoms with van der Waals surface area (Å²) in [5, 5.41) is 0. The molecule has 4 heteroatoms. The predicted octanol–water partition coefficient (Wildman–Crippen LogP) is 6.43. The van der Waals surface area contributed by atoms with Crippen molar-refractivity contribution in [2.75, 3.05) is 20.0 Å². The number of hydrogen-bond acceptors (Lipinski definition) is 4. The molecule has 3 nitrogen and oxygen atoms in total. The van der Waals surface area contributed by atoms with Crippen molar-refractivity contribution in [3.8, 4) is 11.5 Å². The number of thioether (sulfide) groups is 1. The minimum absolute atomic E-state index is 0.216. The maximum atomic E-state index is 6.76. The van der Waals surface area contributed by atoms with Crippen molar-refractivity contribution in [1.82, 2.24) is 0 Å². The average molecular weight is 456 g/mol. The van der Waals surface area contributed by atoms with Gasteiger partial charge in [0.1, 0.15) is 11.5 Å². The molecule has 0 aliphatic rings. The standard InChI is InChI=1S/C29H29NO2S/c1-31-25-18-19-26(28(20-25)32-2)27(30)21-33-29(22-12-6-3-7-13-22,23-14-8-4-9-15-23)24-16-10-5-11-17-24/h3-20,27H,21,30H2,1-2H3. The molecular formula is C29H29NO2S.